The largest absolute Gasteiger partial charge is 0.481 e. The highest BCUT2D eigenvalue weighted by Crippen LogP contribution is 2.25. The Morgan fingerprint density at radius 3 is 2.64 bits per heavy atom. The molecule has 0 radical (unpaired) electrons. The fourth-order valence-electron chi connectivity index (χ4n) is 3.48. The summed E-state index contributed by atoms with van der Waals surface area (Å²) in [6, 6.07) is 5.34. The number of nitrogens with zero attached hydrogens (tertiary/aromatic N) is 2. The molecule has 33 heavy (non-hydrogen) atoms. The predicted octanol–water partition coefficient (Wildman–Crippen LogP) is -1.03. The fourth-order valence-corrected chi connectivity index (χ4v) is 3.48. The van der Waals surface area contributed by atoms with Gasteiger partial charge < -0.3 is 41.9 Å². The zero-order chi connectivity index (χ0) is 24.1. The van der Waals surface area contributed by atoms with E-state index in [2.05, 4.69) is 25.9 Å². The van der Waals surface area contributed by atoms with Gasteiger partial charge in [-0.1, -0.05) is 0 Å². The van der Waals surface area contributed by atoms with Crippen molar-refractivity contribution in [1.29, 1.82) is 0 Å². The summed E-state index contributed by atoms with van der Waals surface area (Å²) in [7, 11) is 1.79. The smallest absolute Gasteiger partial charge is 0.303 e. The van der Waals surface area contributed by atoms with E-state index in [1.54, 1.807) is 31.3 Å². The Balaban J connectivity index is 1.58. The molecule has 13 nitrogen and oxygen atoms in total. The monoisotopic (exact) mass is 461 g/mol. The SMILES string of the molecule is CN1c2c(nc(N)[nH]c2=O)NC[C@@H]1CNc1ccc(C(=O)N[C@@H](CCC(=O)O)C(O)O)cc1. The number of fused-ring (bicyclic) bond motifs is 1. The molecule has 2 heterocycles. The number of hydrogen-bond acceptors (Lipinski definition) is 10. The first-order valence-electron chi connectivity index (χ1n) is 10.2. The van der Waals surface area contributed by atoms with Gasteiger partial charge in [-0.15, -0.1) is 0 Å². The van der Waals surface area contributed by atoms with Crippen LogP contribution in [0, 0.1) is 0 Å². The van der Waals surface area contributed by atoms with E-state index in [9.17, 15) is 24.6 Å². The summed E-state index contributed by atoms with van der Waals surface area (Å²) in [5, 5.41) is 36.3. The highest BCUT2D eigenvalue weighted by atomic mass is 16.5. The molecule has 2 atom stereocenters. The van der Waals surface area contributed by atoms with Gasteiger partial charge in [0.15, 0.2) is 12.1 Å². The molecule has 1 aliphatic rings. The molecular formula is C20H27N7O6. The Morgan fingerprint density at radius 2 is 2.00 bits per heavy atom. The van der Waals surface area contributed by atoms with Gasteiger partial charge in [-0.25, -0.2) is 0 Å². The van der Waals surface area contributed by atoms with Gasteiger partial charge in [0.25, 0.3) is 11.5 Å². The Labute approximate surface area is 188 Å². The number of likely N-dealkylation sites (N-methyl/N-ethyl adjacent to an activating group) is 1. The molecule has 0 unspecified atom stereocenters. The maximum absolute atomic E-state index is 12.4. The highest BCUT2D eigenvalue weighted by molar-refractivity contribution is 5.94. The lowest BCUT2D eigenvalue weighted by Crippen LogP contribution is -2.48. The number of aliphatic hydroxyl groups is 2. The van der Waals surface area contributed by atoms with E-state index in [0.29, 0.717) is 24.6 Å². The number of aromatic amines is 1. The van der Waals surface area contributed by atoms with E-state index in [-0.39, 0.29) is 36.0 Å². The van der Waals surface area contributed by atoms with Gasteiger partial charge in [0, 0.05) is 37.8 Å². The van der Waals surface area contributed by atoms with Crippen molar-refractivity contribution >= 4 is 35.0 Å². The first-order chi connectivity index (χ1) is 15.7. The van der Waals surface area contributed by atoms with Crippen LogP contribution in [0.2, 0.25) is 0 Å². The van der Waals surface area contributed by atoms with E-state index < -0.39 is 24.2 Å². The molecule has 2 aromatic rings. The molecule has 13 heteroatoms. The topological polar surface area (TPSA) is 206 Å². The third-order valence-electron chi connectivity index (χ3n) is 5.35. The van der Waals surface area contributed by atoms with Crippen LogP contribution < -0.4 is 32.1 Å². The van der Waals surface area contributed by atoms with Crippen LogP contribution in [0.5, 0.6) is 0 Å². The third-order valence-corrected chi connectivity index (χ3v) is 5.35. The Bertz CT molecular complexity index is 1060. The van der Waals surface area contributed by atoms with Crippen molar-refractivity contribution in [3.8, 4) is 0 Å². The molecule has 9 N–H and O–H groups in total. The molecule has 0 bridgehead atoms. The lowest BCUT2D eigenvalue weighted by molar-refractivity contribution is -0.137. The first-order valence-corrected chi connectivity index (χ1v) is 10.2. The molecule has 1 aromatic heterocycles. The van der Waals surface area contributed by atoms with Crippen LogP contribution in [0.25, 0.3) is 0 Å². The fraction of sp³-hybridized carbons (Fsp3) is 0.400. The summed E-state index contributed by atoms with van der Waals surface area (Å²) in [6.45, 7) is 1.03. The molecule has 0 spiro atoms. The summed E-state index contributed by atoms with van der Waals surface area (Å²) in [5.74, 6) is -1.18. The lowest BCUT2D eigenvalue weighted by atomic mass is 10.1. The standard InChI is InChI=1S/C20H27N7O6/c1-27-12(9-23-16-15(27)18(31)26-20(21)25-16)8-22-11-4-2-10(3-5-11)17(30)24-13(19(32)33)6-7-14(28)29/h2-5,12-13,19,22,32-33H,6-9H2,1H3,(H,24,30)(H,28,29)(H4,21,23,25,26,31)/t12-,13-/m0/s1. The summed E-state index contributed by atoms with van der Waals surface area (Å²) in [4.78, 5) is 43.7. The molecule has 178 valence electrons. The molecule has 1 amide bonds. The van der Waals surface area contributed by atoms with Gasteiger partial charge in [-0.2, -0.15) is 4.98 Å². The number of aliphatic hydroxyl groups excluding tert-OH is 1. The number of anilines is 4. The normalized spacial score (nSPS) is 16.0. The summed E-state index contributed by atoms with van der Waals surface area (Å²) >= 11 is 0. The van der Waals surface area contributed by atoms with E-state index in [1.807, 2.05) is 4.90 Å². The predicted molar refractivity (Wildman–Crippen MR) is 121 cm³/mol. The average molecular weight is 461 g/mol. The van der Waals surface area contributed by atoms with Crippen LogP contribution in [0.1, 0.15) is 23.2 Å². The molecule has 0 aliphatic carbocycles. The second-order valence-electron chi connectivity index (χ2n) is 7.68. The zero-order valence-electron chi connectivity index (χ0n) is 17.9. The summed E-state index contributed by atoms with van der Waals surface area (Å²) in [5.41, 5.74) is 6.67. The van der Waals surface area contributed by atoms with Crippen LogP contribution in [0.3, 0.4) is 0 Å². The van der Waals surface area contributed by atoms with Crippen LogP contribution in [-0.2, 0) is 4.79 Å². The van der Waals surface area contributed by atoms with E-state index in [4.69, 9.17) is 10.8 Å². The number of carboxylic acid groups (broad SMARTS) is 1. The number of aliphatic carboxylic acids is 1. The van der Waals surface area contributed by atoms with Crippen molar-refractivity contribution < 1.29 is 24.9 Å². The van der Waals surface area contributed by atoms with Crippen molar-refractivity contribution in [2.45, 2.75) is 31.2 Å². The number of nitrogen functional groups attached to an aromatic ring is 1. The molecule has 1 aliphatic heterocycles. The van der Waals surface area contributed by atoms with Crippen molar-refractivity contribution in [2.24, 2.45) is 0 Å². The highest BCUT2D eigenvalue weighted by Gasteiger charge is 2.27. The van der Waals surface area contributed by atoms with Gasteiger partial charge in [0.1, 0.15) is 5.69 Å². The molecule has 1 aromatic carbocycles. The van der Waals surface area contributed by atoms with Crippen molar-refractivity contribution in [2.75, 3.05) is 41.4 Å². The average Bonchev–Trinajstić information content (AvgIpc) is 2.75. The molecule has 0 saturated heterocycles. The summed E-state index contributed by atoms with van der Waals surface area (Å²) < 4.78 is 0. The third kappa shape index (κ3) is 5.90. The second-order valence-corrected chi connectivity index (χ2v) is 7.68. The number of carbonyl (C=O) groups is 2. The number of amides is 1. The van der Waals surface area contributed by atoms with E-state index in [0.717, 1.165) is 5.69 Å². The van der Waals surface area contributed by atoms with Crippen molar-refractivity contribution in [3.63, 3.8) is 0 Å². The van der Waals surface area contributed by atoms with Gasteiger partial charge in [0.05, 0.1) is 12.1 Å². The maximum atomic E-state index is 12.4. The van der Waals surface area contributed by atoms with Crippen LogP contribution in [0.4, 0.5) is 23.1 Å². The summed E-state index contributed by atoms with van der Waals surface area (Å²) in [6.07, 6.45) is -2.30. The number of H-pyrrole nitrogens is 1. The second kappa shape index (κ2) is 10.2. The number of nitrogens with one attached hydrogen (secondary N) is 4. The Morgan fingerprint density at radius 1 is 1.30 bits per heavy atom. The Kier molecular flexibility index (Phi) is 7.35. The number of benzene rings is 1. The minimum Gasteiger partial charge on any atom is -0.481 e. The van der Waals surface area contributed by atoms with E-state index in [1.165, 1.54) is 0 Å². The number of rotatable bonds is 9. The van der Waals surface area contributed by atoms with Gasteiger partial charge >= 0.3 is 5.97 Å². The quantitative estimate of drug-likeness (QED) is 0.212. The number of hydrogen-bond donors (Lipinski definition) is 8. The molecule has 0 saturated carbocycles. The minimum atomic E-state index is -1.88. The molecule has 3 rings (SSSR count). The van der Waals surface area contributed by atoms with Gasteiger partial charge in [-0.3, -0.25) is 19.4 Å². The van der Waals surface area contributed by atoms with Crippen molar-refractivity contribution in [1.82, 2.24) is 15.3 Å². The maximum Gasteiger partial charge on any atom is 0.303 e. The van der Waals surface area contributed by atoms with Crippen LogP contribution in [0.15, 0.2) is 29.1 Å². The van der Waals surface area contributed by atoms with Crippen molar-refractivity contribution in [3.05, 3.63) is 40.2 Å². The van der Waals surface area contributed by atoms with Crippen LogP contribution >= 0.6 is 0 Å². The number of aromatic nitrogens is 2. The molecular weight excluding hydrogens is 434 g/mol. The minimum absolute atomic E-state index is 0.0436. The van der Waals surface area contributed by atoms with Gasteiger partial charge in [-0.05, 0) is 30.7 Å². The number of carbonyl (C=O) groups excluding carboxylic acids is 1. The first kappa shape index (κ1) is 23.8. The van der Waals surface area contributed by atoms with Crippen LogP contribution in [-0.4, -0.2) is 75.7 Å². The molecule has 0 fully saturated rings. The van der Waals surface area contributed by atoms with Gasteiger partial charge in [0.2, 0.25) is 5.95 Å². The van der Waals surface area contributed by atoms with E-state index >= 15 is 0 Å². The lowest BCUT2D eigenvalue weighted by Gasteiger charge is -2.35. The number of carboxylic acids is 1. The Hall–Kier alpha value is -3.84. The zero-order valence-corrected chi connectivity index (χ0v) is 17.9. The number of nitrogens with two attached hydrogens (primary N) is 1.